The lowest BCUT2D eigenvalue weighted by Crippen LogP contribution is -2.51. The van der Waals surface area contributed by atoms with Gasteiger partial charge in [-0.05, 0) is 12.2 Å². The minimum Gasteiger partial charge on any atom is -0.544 e. The van der Waals surface area contributed by atoms with E-state index in [-0.39, 0.29) is 6.54 Å². The average molecular weight is 169 g/mol. The molecule has 0 heterocycles. The number of hydrogen-bond acceptors (Lipinski definition) is 2. The molecule has 0 aliphatic rings. The molecule has 0 bridgehead atoms. The second kappa shape index (κ2) is 4.72. The second-order valence-electron chi connectivity index (χ2n) is 3.09. The largest absolute Gasteiger partial charge is 0.544 e. The van der Waals surface area contributed by atoms with E-state index >= 15 is 0 Å². The van der Waals surface area contributed by atoms with E-state index in [4.69, 9.17) is 0 Å². The van der Waals surface area contributed by atoms with Crippen LogP contribution < -0.4 is 5.11 Å². The maximum Gasteiger partial charge on any atom is 0.119 e. The zero-order valence-corrected chi connectivity index (χ0v) is 7.45. The van der Waals surface area contributed by atoms with Gasteiger partial charge in [-0.3, -0.25) is 0 Å². The fourth-order valence-electron chi connectivity index (χ4n) is 1.14. The van der Waals surface area contributed by atoms with E-state index in [1.807, 2.05) is 7.05 Å². The van der Waals surface area contributed by atoms with E-state index in [9.17, 15) is 9.90 Å². The molecule has 0 N–H and O–H groups in total. The van der Waals surface area contributed by atoms with Gasteiger partial charge in [0.25, 0.3) is 0 Å². The lowest BCUT2D eigenvalue weighted by Gasteiger charge is -2.32. The van der Waals surface area contributed by atoms with Crippen LogP contribution in [0.15, 0.2) is 25.3 Å². The van der Waals surface area contributed by atoms with Gasteiger partial charge in [-0.15, -0.1) is 0 Å². The highest BCUT2D eigenvalue weighted by Crippen LogP contribution is 2.01. The third-order valence-electron chi connectivity index (χ3n) is 1.65. The quantitative estimate of drug-likeness (QED) is 0.399. The van der Waals surface area contributed by atoms with Crippen LogP contribution in [0.1, 0.15) is 0 Å². The minimum atomic E-state index is -1.04. The summed E-state index contributed by atoms with van der Waals surface area (Å²) in [6.45, 7) is 8.36. The molecule has 0 rings (SSSR count). The summed E-state index contributed by atoms with van der Waals surface area (Å²) in [5, 5.41) is 10.4. The van der Waals surface area contributed by atoms with Crippen LogP contribution in [-0.4, -0.2) is 37.1 Å². The molecule has 0 spiro atoms. The minimum absolute atomic E-state index is 0.00194. The van der Waals surface area contributed by atoms with Crippen molar-refractivity contribution in [3.8, 4) is 0 Å². The molecule has 3 heteroatoms. The maximum absolute atomic E-state index is 10.4. The van der Waals surface area contributed by atoms with Gasteiger partial charge in [0, 0.05) is 0 Å². The molecular formula is C9H15NO2. The van der Waals surface area contributed by atoms with Gasteiger partial charge in [-0.2, -0.15) is 0 Å². The third-order valence-corrected chi connectivity index (χ3v) is 1.65. The summed E-state index contributed by atoms with van der Waals surface area (Å²) in [7, 11) is 1.83. The molecule has 0 aromatic carbocycles. The van der Waals surface area contributed by atoms with Crippen molar-refractivity contribution in [2.45, 2.75) is 0 Å². The first-order chi connectivity index (χ1) is 5.54. The van der Waals surface area contributed by atoms with Crippen LogP contribution in [-0.2, 0) is 4.79 Å². The molecule has 0 amide bonds. The summed E-state index contributed by atoms with van der Waals surface area (Å²) in [5.41, 5.74) is 0. The van der Waals surface area contributed by atoms with Gasteiger partial charge >= 0.3 is 0 Å². The Labute approximate surface area is 73.2 Å². The Morgan fingerprint density at radius 1 is 1.42 bits per heavy atom. The number of quaternary nitrogens is 1. The first-order valence-electron chi connectivity index (χ1n) is 3.79. The van der Waals surface area contributed by atoms with Crippen LogP contribution in [0.25, 0.3) is 0 Å². The van der Waals surface area contributed by atoms with Crippen LogP contribution in [0.4, 0.5) is 0 Å². The monoisotopic (exact) mass is 169 g/mol. The zero-order valence-electron chi connectivity index (χ0n) is 7.45. The number of carboxylic acids is 1. The zero-order chi connectivity index (χ0) is 9.61. The highest BCUT2D eigenvalue weighted by molar-refractivity contribution is 5.65. The number of nitrogens with zero attached hydrogens (tertiary/aromatic N) is 1. The Bertz CT molecular complexity index is 177. The Morgan fingerprint density at radius 2 is 1.83 bits per heavy atom. The van der Waals surface area contributed by atoms with Crippen LogP contribution >= 0.6 is 0 Å². The molecule has 12 heavy (non-hydrogen) atoms. The van der Waals surface area contributed by atoms with Crippen molar-refractivity contribution < 1.29 is 14.4 Å². The summed E-state index contributed by atoms with van der Waals surface area (Å²) in [6, 6.07) is 0. The topological polar surface area (TPSA) is 40.1 Å². The van der Waals surface area contributed by atoms with Crippen LogP contribution in [0.2, 0.25) is 0 Å². The summed E-state index contributed by atoms with van der Waals surface area (Å²) in [5.74, 6) is -1.04. The van der Waals surface area contributed by atoms with E-state index in [2.05, 4.69) is 13.2 Å². The van der Waals surface area contributed by atoms with Gasteiger partial charge in [-0.25, -0.2) is 0 Å². The van der Waals surface area contributed by atoms with E-state index in [1.165, 1.54) is 0 Å². The van der Waals surface area contributed by atoms with Gasteiger partial charge in [0.2, 0.25) is 0 Å². The standard InChI is InChI=1S/C9H15NO2/c1-4-6-10(3,7-5-2)8-9(11)12/h4-5H,1-2,6-8H2,3H3. The second-order valence-corrected chi connectivity index (χ2v) is 3.09. The molecule has 0 aromatic rings. The van der Waals surface area contributed by atoms with Crippen molar-refractivity contribution in [1.82, 2.24) is 0 Å². The van der Waals surface area contributed by atoms with Crippen LogP contribution in [0.3, 0.4) is 0 Å². The van der Waals surface area contributed by atoms with Crippen LogP contribution in [0, 0.1) is 0 Å². The Balaban J connectivity index is 4.25. The van der Waals surface area contributed by atoms with Crippen molar-refractivity contribution in [2.75, 3.05) is 26.7 Å². The van der Waals surface area contributed by atoms with E-state index in [1.54, 1.807) is 12.2 Å². The highest BCUT2D eigenvalue weighted by Gasteiger charge is 2.17. The molecule has 0 aliphatic carbocycles. The lowest BCUT2D eigenvalue weighted by molar-refractivity contribution is -0.892. The lowest BCUT2D eigenvalue weighted by atomic mass is 10.3. The van der Waals surface area contributed by atoms with Crippen molar-refractivity contribution >= 4 is 5.97 Å². The van der Waals surface area contributed by atoms with Gasteiger partial charge in [-0.1, -0.05) is 13.2 Å². The van der Waals surface area contributed by atoms with Crippen molar-refractivity contribution in [1.29, 1.82) is 0 Å². The summed E-state index contributed by atoms with van der Waals surface area (Å²) < 4.78 is 0.370. The molecule has 0 saturated carbocycles. The summed E-state index contributed by atoms with van der Waals surface area (Å²) in [4.78, 5) is 10.4. The molecular weight excluding hydrogens is 154 g/mol. The summed E-state index contributed by atoms with van der Waals surface area (Å²) in [6.07, 6.45) is 3.40. The number of carboxylic acid groups (broad SMARTS) is 1. The molecule has 68 valence electrons. The molecule has 0 radical (unpaired) electrons. The van der Waals surface area contributed by atoms with Crippen molar-refractivity contribution in [2.24, 2.45) is 0 Å². The average Bonchev–Trinajstić information content (AvgIpc) is 1.85. The molecule has 0 unspecified atom stereocenters. The Kier molecular flexibility index (Phi) is 4.29. The number of likely N-dealkylation sites (N-methyl/N-ethyl adjacent to an activating group) is 1. The van der Waals surface area contributed by atoms with Gasteiger partial charge in [0.15, 0.2) is 0 Å². The summed E-state index contributed by atoms with van der Waals surface area (Å²) >= 11 is 0. The number of aliphatic carboxylic acids is 1. The Hall–Kier alpha value is -1.09. The van der Waals surface area contributed by atoms with Crippen molar-refractivity contribution in [3.63, 3.8) is 0 Å². The molecule has 0 fully saturated rings. The molecule has 3 nitrogen and oxygen atoms in total. The van der Waals surface area contributed by atoms with E-state index in [0.717, 1.165) is 0 Å². The molecule has 0 aromatic heterocycles. The number of hydrogen-bond donors (Lipinski definition) is 0. The van der Waals surface area contributed by atoms with Crippen LogP contribution in [0.5, 0.6) is 0 Å². The smallest absolute Gasteiger partial charge is 0.119 e. The molecule has 0 aliphatic heterocycles. The fourth-order valence-corrected chi connectivity index (χ4v) is 1.14. The predicted molar refractivity (Wildman–Crippen MR) is 46.2 cm³/mol. The molecule has 0 saturated heterocycles. The molecule has 0 atom stereocenters. The van der Waals surface area contributed by atoms with Crippen molar-refractivity contribution in [3.05, 3.63) is 25.3 Å². The SMILES string of the molecule is C=CC[N+](C)(CC=C)CC(=O)[O-]. The van der Waals surface area contributed by atoms with E-state index in [0.29, 0.717) is 17.6 Å². The number of carbonyl (C=O) groups excluding carboxylic acids is 1. The van der Waals surface area contributed by atoms with Gasteiger partial charge in [0.05, 0.1) is 26.1 Å². The highest BCUT2D eigenvalue weighted by atomic mass is 16.4. The maximum atomic E-state index is 10.4. The number of rotatable bonds is 6. The number of carbonyl (C=O) groups is 1. The normalized spacial score (nSPS) is 10.8. The van der Waals surface area contributed by atoms with Gasteiger partial charge in [0.1, 0.15) is 6.54 Å². The van der Waals surface area contributed by atoms with E-state index < -0.39 is 5.97 Å². The first kappa shape index (κ1) is 10.9. The predicted octanol–water partition coefficient (Wildman–Crippen LogP) is -0.445. The Morgan fingerprint density at radius 3 is 2.08 bits per heavy atom. The van der Waals surface area contributed by atoms with Gasteiger partial charge < -0.3 is 14.4 Å². The fraction of sp³-hybridized carbons (Fsp3) is 0.444. The first-order valence-corrected chi connectivity index (χ1v) is 3.79. The third kappa shape index (κ3) is 3.93.